The van der Waals surface area contributed by atoms with Gasteiger partial charge in [0, 0.05) is 24.8 Å². The molecule has 2 aromatic rings. The van der Waals surface area contributed by atoms with Gasteiger partial charge in [0.2, 0.25) is 11.9 Å². The molecule has 0 aliphatic carbocycles. The molecule has 0 aliphatic heterocycles. The molecular weight excluding hydrogens is 424 g/mol. The summed E-state index contributed by atoms with van der Waals surface area (Å²) in [6.07, 6.45) is 2.21. The van der Waals surface area contributed by atoms with Gasteiger partial charge in [0.25, 0.3) is 5.91 Å². The minimum Gasteiger partial charge on any atom is -0.380 e. The molecule has 0 aliphatic rings. The first-order chi connectivity index (χ1) is 14.4. The number of anilines is 4. The van der Waals surface area contributed by atoms with Crippen molar-refractivity contribution in [3.63, 3.8) is 0 Å². The lowest BCUT2D eigenvalue weighted by molar-refractivity contribution is -0.114. The number of hydrogen-bond donors (Lipinski definition) is 4. The number of carbonyl (C=O) groups is 2. The zero-order chi connectivity index (χ0) is 23.3. The molecule has 2 rings (SSSR count). The molecule has 1 atom stereocenters. The zero-order valence-corrected chi connectivity index (χ0v) is 18.7. The summed E-state index contributed by atoms with van der Waals surface area (Å²) < 4.78 is 27.8. The highest BCUT2D eigenvalue weighted by Crippen LogP contribution is 2.30. The van der Waals surface area contributed by atoms with Crippen LogP contribution in [0.25, 0.3) is 0 Å². The minimum absolute atomic E-state index is 0.0136. The summed E-state index contributed by atoms with van der Waals surface area (Å²) in [5.41, 5.74) is 6.15. The lowest BCUT2D eigenvalue weighted by atomic mass is 10.1. The number of hydrogen-bond acceptors (Lipinski definition) is 9. The number of primary amides is 1. The van der Waals surface area contributed by atoms with Gasteiger partial charge >= 0.3 is 10.1 Å². The van der Waals surface area contributed by atoms with Crippen molar-refractivity contribution >= 4 is 45.1 Å². The van der Waals surface area contributed by atoms with Crippen LogP contribution in [0.2, 0.25) is 0 Å². The number of amides is 2. The highest BCUT2D eigenvalue weighted by molar-refractivity contribution is 7.86. The Morgan fingerprint density at radius 1 is 1.19 bits per heavy atom. The van der Waals surface area contributed by atoms with Crippen molar-refractivity contribution in [1.29, 1.82) is 0 Å². The van der Waals surface area contributed by atoms with Crippen LogP contribution in [0.3, 0.4) is 0 Å². The number of nitrogens with one attached hydrogen (secondary N) is 3. The lowest BCUT2D eigenvalue weighted by Gasteiger charge is -2.20. The smallest absolute Gasteiger partial charge is 0.306 e. The Hall–Kier alpha value is -3.41. The van der Waals surface area contributed by atoms with Crippen molar-refractivity contribution < 1.29 is 22.2 Å². The molecule has 168 valence electrons. The van der Waals surface area contributed by atoms with Crippen molar-refractivity contribution in [2.24, 2.45) is 11.7 Å². The van der Waals surface area contributed by atoms with Crippen LogP contribution in [0.15, 0.2) is 24.4 Å². The quantitative estimate of drug-likeness (QED) is 0.418. The summed E-state index contributed by atoms with van der Waals surface area (Å²) in [4.78, 5) is 31.6. The van der Waals surface area contributed by atoms with Crippen molar-refractivity contribution in [3.8, 4) is 5.75 Å². The van der Waals surface area contributed by atoms with Crippen LogP contribution < -0.4 is 25.9 Å². The summed E-state index contributed by atoms with van der Waals surface area (Å²) in [5.74, 6) is -0.401. The first-order valence-electron chi connectivity index (χ1n) is 9.37. The highest BCUT2D eigenvalue weighted by Gasteiger charge is 2.17. The van der Waals surface area contributed by atoms with E-state index in [4.69, 9.17) is 9.92 Å². The van der Waals surface area contributed by atoms with E-state index in [1.165, 1.54) is 31.3 Å². The Balaban J connectivity index is 2.38. The van der Waals surface area contributed by atoms with E-state index in [0.717, 1.165) is 6.26 Å². The monoisotopic (exact) mass is 450 g/mol. The Kier molecular flexibility index (Phi) is 7.39. The van der Waals surface area contributed by atoms with Crippen molar-refractivity contribution in [3.05, 3.63) is 30.0 Å². The summed E-state index contributed by atoms with van der Waals surface area (Å²) in [5, 5.41) is 8.61. The van der Waals surface area contributed by atoms with Gasteiger partial charge < -0.3 is 25.9 Å². The first kappa shape index (κ1) is 23.9. The molecule has 0 saturated heterocycles. The molecule has 12 heteroatoms. The molecule has 0 spiro atoms. The first-order valence-corrected chi connectivity index (χ1v) is 11.2. The maximum absolute atomic E-state index is 11.7. The van der Waals surface area contributed by atoms with E-state index >= 15 is 0 Å². The van der Waals surface area contributed by atoms with E-state index in [0.29, 0.717) is 5.69 Å². The second-order valence-electron chi connectivity index (χ2n) is 7.30. The van der Waals surface area contributed by atoms with Crippen LogP contribution in [0, 0.1) is 5.92 Å². The predicted octanol–water partition coefficient (Wildman–Crippen LogP) is 2.07. The number of nitrogens with zero attached hydrogens (tertiary/aromatic N) is 2. The molecule has 0 bridgehead atoms. The Morgan fingerprint density at radius 2 is 1.87 bits per heavy atom. The molecule has 2 amide bonds. The zero-order valence-electron chi connectivity index (χ0n) is 17.9. The SMILES string of the molecule is CC(=O)Nc1cc(Nc2ncc(C(N)=O)c(N[C@H](C)C(C)C)n2)ccc1OS(C)(=O)=O. The van der Waals surface area contributed by atoms with Gasteiger partial charge in [-0.1, -0.05) is 13.8 Å². The van der Waals surface area contributed by atoms with E-state index < -0.39 is 21.9 Å². The van der Waals surface area contributed by atoms with Crippen molar-refractivity contribution in [1.82, 2.24) is 9.97 Å². The molecular formula is C19H26N6O5S. The number of aromatic nitrogens is 2. The maximum atomic E-state index is 11.7. The molecule has 0 radical (unpaired) electrons. The number of nitrogens with two attached hydrogens (primary N) is 1. The number of carbonyl (C=O) groups excluding carboxylic acids is 2. The van der Waals surface area contributed by atoms with Gasteiger partial charge in [-0.25, -0.2) is 4.98 Å². The number of benzene rings is 1. The summed E-state index contributed by atoms with van der Waals surface area (Å²) >= 11 is 0. The normalized spacial score (nSPS) is 12.2. The molecule has 0 saturated carbocycles. The van der Waals surface area contributed by atoms with Gasteiger partial charge in [-0.05, 0) is 31.0 Å². The van der Waals surface area contributed by atoms with Crippen molar-refractivity contribution in [2.75, 3.05) is 22.2 Å². The van der Waals surface area contributed by atoms with Gasteiger partial charge in [0.15, 0.2) is 5.75 Å². The molecule has 31 heavy (non-hydrogen) atoms. The molecule has 0 unspecified atom stereocenters. The Morgan fingerprint density at radius 3 is 2.42 bits per heavy atom. The fraction of sp³-hybridized carbons (Fsp3) is 0.368. The second kappa shape index (κ2) is 9.60. The third kappa shape index (κ3) is 7.10. The fourth-order valence-electron chi connectivity index (χ4n) is 2.37. The Labute approximate surface area is 180 Å². The van der Waals surface area contributed by atoms with Crippen LogP contribution in [-0.4, -0.2) is 42.5 Å². The average Bonchev–Trinajstić information content (AvgIpc) is 2.62. The van der Waals surface area contributed by atoms with E-state index in [-0.39, 0.29) is 40.7 Å². The minimum atomic E-state index is -3.79. The van der Waals surface area contributed by atoms with E-state index in [1.807, 2.05) is 20.8 Å². The fourth-order valence-corrected chi connectivity index (χ4v) is 2.85. The summed E-state index contributed by atoms with van der Waals surface area (Å²) in [6.45, 7) is 7.27. The predicted molar refractivity (Wildman–Crippen MR) is 118 cm³/mol. The maximum Gasteiger partial charge on any atom is 0.306 e. The second-order valence-corrected chi connectivity index (χ2v) is 8.88. The van der Waals surface area contributed by atoms with E-state index in [2.05, 4.69) is 25.9 Å². The molecule has 1 heterocycles. The molecule has 0 fully saturated rings. The molecule has 1 aromatic carbocycles. The summed E-state index contributed by atoms with van der Waals surface area (Å²) in [7, 11) is -3.79. The molecule has 5 N–H and O–H groups in total. The van der Waals surface area contributed by atoms with Crippen molar-refractivity contribution in [2.45, 2.75) is 33.7 Å². The van der Waals surface area contributed by atoms with Gasteiger partial charge in [0.1, 0.15) is 5.82 Å². The van der Waals surface area contributed by atoms with E-state index in [9.17, 15) is 18.0 Å². The lowest BCUT2D eigenvalue weighted by Crippen LogP contribution is -2.25. The van der Waals surface area contributed by atoms with Crippen LogP contribution in [0.5, 0.6) is 5.75 Å². The molecule has 1 aromatic heterocycles. The van der Waals surface area contributed by atoms with Crippen LogP contribution in [0.1, 0.15) is 38.1 Å². The standard InChI is InChI=1S/C19H26N6O5S/c1-10(2)11(3)22-18-14(17(20)27)9-21-19(25-18)24-13-6-7-16(30-31(5,28)29)15(8-13)23-12(4)26/h6-11H,1-5H3,(H2,20,27)(H,23,26)(H2,21,22,24,25)/t11-/m1/s1. The van der Waals surface area contributed by atoms with Gasteiger partial charge in [0.05, 0.1) is 17.5 Å². The largest absolute Gasteiger partial charge is 0.380 e. The molecule has 11 nitrogen and oxygen atoms in total. The van der Waals surface area contributed by atoms with Crippen LogP contribution in [0.4, 0.5) is 23.1 Å². The van der Waals surface area contributed by atoms with Gasteiger partial charge in [-0.3, -0.25) is 9.59 Å². The number of rotatable bonds is 9. The van der Waals surface area contributed by atoms with E-state index in [1.54, 1.807) is 0 Å². The third-order valence-corrected chi connectivity index (χ3v) is 4.69. The van der Waals surface area contributed by atoms with Crippen LogP contribution in [-0.2, 0) is 14.9 Å². The van der Waals surface area contributed by atoms with Crippen LogP contribution >= 0.6 is 0 Å². The topological polar surface area (TPSA) is 165 Å². The van der Waals surface area contributed by atoms with Gasteiger partial charge in [-0.15, -0.1) is 0 Å². The Bertz CT molecular complexity index is 1090. The average molecular weight is 451 g/mol. The third-order valence-electron chi connectivity index (χ3n) is 4.21. The highest BCUT2D eigenvalue weighted by atomic mass is 32.2. The summed E-state index contributed by atoms with van der Waals surface area (Å²) in [6, 6.07) is 4.39. The van der Waals surface area contributed by atoms with Gasteiger partial charge in [-0.2, -0.15) is 13.4 Å².